The second kappa shape index (κ2) is 11.3. The molecule has 0 bridgehead atoms. The molecule has 0 radical (unpaired) electrons. The second-order valence-corrected chi connectivity index (χ2v) is 6.50. The third-order valence-electron chi connectivity index (χ3n) is 4.48. The van der Waals surface area contributed by atoms with Gasteiger partial charge in [-0.25, -0.2) is 9.59 Å². The molecule has 0 aliphatic rings. The van der Waals surface area contributed by atoms with Crippen molar-refractivity contribution in [3.05, 3.63) is 120 Å². The van der Waals surface area contributed by atoms with E-state index in [9.17, 15) is 9.59 Å². The minimum Gasteiger partial charge on any atom is -0.478 e. The molecular weight excluding hydrogens is 404 g/mol. The first-order valence-electron chi connectivity index (χ1n) is 9.32. The summed E-state index contributed by atoms with van der Waals surface area (Å²) in [5, 5.41) is 17.5. The summed E-state index contributed by atoms with van der Waals surface area (Å²) in [4.78, 5) is 21.3. The van der Waals surface area contributed by atoms with Gasteiger partial charge < -0.3 is 10.2 Å². The van der Waals surface area contributed by atoms with E-state index in [1.807, 2.05) is 84.9 Å². The average molecular weight is 429 g/mol. The molecule has 4 rings (SSSR count). The van der Waals surface area contributed by atoms with Gasteiger partial charge in [0.1, 0.15) is 0 Å². The predicted molar refractivity (Wildman–Crippen MR) is 129 cm³/mol. The molecule has 0 amide bonds. The largest absolute Gasteiger partial charge is 0.478 e. The number of carbonyl (C=O) groups is 2. The molecule has 4 aromatic carbocycles. The van der Waals surface area contributed by atoms with Crippen LogP contribution in [0.3, 0.4) is 0 Å². The summed E-state index contributed by atoms with van der Waals surface area (Å²) in [5.41, 5.74) is 4.87. The van der Waals surface area contributed by atoms with Crippen molar-refractivity contribution in [2.24, 2.45) is 0 Å². The lowest BCUT2D eigenvalue weighted by Gasteiger charge is -2.01. The van der Waals surface area contributed by atoms with Gasteiger partial charge in [-0.2, -0.15) is 0 Å². The fourth-order valence-electron chi connectivity index (χ4n) is 2.87. The van der Waals surface area contributed by atoms with E-state index in [1.54, 1.807) is 24.3 Å². The molecule has 0 aliphatic carbocycles. The summed E-state index contributed by atoms with van der Waals surface area (Å²) < 4.78 is 0. The van der Waals surface area contributed by atoms with Gasteiger partial charge in [-0.3, -0.25) is 0 Å². The van der Waals surface area contributed by atoms with Crippen LogP contribution in [0.15, 0.2) is 109 Å². The summed E-state index contributed by atoms with van der Waals surface area (Å²) >= 11 is 0. The summed E-state index contributed by atoms with van der Waals surface area (Å²) in [7, 11) is 0. The van der Waals surface area contributed by atoms with Crippen molar-refractivity contribution in [1.82, 2.24) is 0 Å². The lowest BCUT2D eigenvalue weighted by atomic mass is 10.0. The molecule has 4 aromatic rings. The standard InChI is InChI=1S/2C13H10O2.H4Si/c2*14-13(15)12-8-6-11(7-9-12)10-4-2-1-3-5-10;/h2*1-9H,(H,14,15);1H4. The SMILES string of the molecule is O=C(O)c1ccc(-c2ccccc2)cc1.O=C(O)c1ccc(-c2ccccc2)cc1.[SiH4]. The fourth-order valence-corrected chi connectivity index (χ4v) is 2.87. The zero-order chi connectivity index (χ0) is 21.3. The number of aromatic carboxylic acids is 2. The number of benzene rings is 4. The van der Waals surface area contributed by atoms with E-state index in [-0.39, 0.29) is 11.0 Å². The highest BCUT2D eigenvalue weighted by atomic mass is 28.1. The van der Waals surface area contributed by atoms with Crippen molar-refractivity contribution in [3.8, 4) is 22.3 Å². The topological polar surface area (TPSA) is 74.6 Å². The van der Waals surface area contributed by atoms with Gasteiger partial charge in [0, 0.05) is 0 Å². The van der Waals surface area contributed by atoms with Gasteiger partial charge in [0.15, 0.2) is 0 Å². The molecule has 0 unspecified atom stereocenters. The number of hydrogen-bond acceptors (Lipinski definition) is 2. The minimum atomic E-state index is -0.894. The predicted octanol–water partition coefficient (Wildman–Crippen LogP) is 4.65. The highest BCUT2D eigenvalue weighted by Crippen LogP contribution is 2.20. The van der Waals surface area contributed by atoms with Crippen LogP contribution in [0.25, 0.3) is 22.3 Å². The summed E-state index contributed by atoms with van der Waals surface area (Å²) in [6.07, 6.45) is 0. The first-order valence-corrected chi connectivity index (χ1v) is 9.32. The molecule has 2 N–H and O–H groups in total. The van der Waals surface area contributed by atoms with Gasteiger partial charge in [-0.15, -0.1) is 0 Å². The fraction of sp³-hybridized carbons (Fsp3) is 0. The molecule has 0 saturated carbocycles. The van der Waals surface area contributed by atoms with Crippen molar-refractivity contribution in [3.63, 3.8) is 0 Å². The van der Waals surface area contributed by atoms with Crippen LogP contribution in [0.4, 0.5) is 0 Å². The Morgan fingerprint density at radius 3 is 0.935 bits per heavy atom. The molecule has 0 fully saturated rings. The maximum Gasteiger partial charge on any atom is 0.335 e. The number of carboxylic acid groups (broad SMARTS) is 2. The maximum atomic E-state index is 10.6. The number of hydrogen-bond donors (Lipinski definition) is 2. The third-order valence-corrected chi connectivity index (χ3v) is 4.48. The molecule has 0 saturated heterocycles. The Balaban J connectivity index is 0.000000213. The van der Waals surface area contributed by atoms with Crippen LogP contribution in [0.1, 0.15) is 20.7 Å². The molecule has 0 aromatic heterocycles. The zero-order valence-corrected chi connectivity index (χ0v) is 16.1. The summed E-state index contributed by atoms with van der Waals surface area (Å²) in [6, 6.07) is 33.5. The van der Waals surface area contributed by atoms with E-state index in [0.717, 1.165) is 22.3 Å². The first kappa shape index (κ1) is 23.3. The molecule has 31 heavy (non-hydrogen) atoms. The molecular formula is C26H24O4Si. The molecule has 0 atom stereocenters. The number of rotatable bonds is 4. The van der Waals surface area contributed by atoms with E-state index >= 15 is 0 Å². The third kappa shape index (κ3) is 6.52. The first-order chi connectivity index (χ1) is 14.5. The van der Waals surface area contributed by atoms with Crippen molar-refractivity contribution in [2.45, 2.75) is 0 Å². The Hall–Kier alpha value is -3.96. The average Bonchev–Trinajstić information content (AvgIpc) is 2.81. The molecule has 156 valence electrons. The molecule has 0 spiro atoms. The summed E-state index contributed by atoms with van der Waals surface area (Å²) in [6.45, 7) is 0. The van der Waals surface area contributed by atoms with Crippen LogP contribution >= 0.6 is 0 Å². The normalized spacial score (nSPS) is 9.55. The smallest absolute Gasteiger partial charge is 0.335 e. The van der Waals surface area contributed by atoms with E-state index in [1.165, 1.54) is 0 Å². The quantitative estimate of drug-likeness (QED) is 0.464. The molecule has 0 heterocycles. The Morgan fingerprint density at radius 1 is 0.419 bits per heavy atom. The van der Waals surface area contributed by atoms with Crippen LogP contribution in [0.2, 0.25) is 0 Å². The Labute approximate surface area is 185 Å². The van der Waals surface area contributed by atoms with Gasteiger partial charge in [0.25, 0.3) is 0 Å². The zero-order valence-electron chi connectivity index (χ0n) is 16.1. The molecule has 5 heteroatoms. The van der Waals surface area contributed by atoms with E-state index in [0.29, 0.717) is 11.1 Å². The lowest BCUT2D eigenvalue weighted by molar-refractivity contribution is 0.0686. The number of carboxylic acids is 2. The molecule has 4 nitrogen and oxygen atoms in total. The maximum absolute atomic E-state index is 10.6. The van der Waals surface area contributed by atoms with Gasteiger partial charge in [0.05, 0.1) is 11.1 Å². The van der Waals surface area contributed by atoms with Gasteiger partial charge in [-0.05, 0) is 57.5 Å². The minimum absolute atomic E-state index is 0. The van der Waals surface area contributed by atoms with Crippen LogP contribution in [-0.2, 0) is 0 Å². The van der Waals surface area contributed by atoms with E-state index in [4.69, 9.17) is 10.2 Å². The van der Waals surface area contributed by atoms with Crippen LogP contribution < -0.4 is 0 Å². The van der Waals surface area contributed by atoms with Gasteiger partial charge in [0.2, 0.25) is 0 Å². The Morgan fingerprint density at radius 2 is 0.677 bits per heavy atom. The molecule has 0 aliphatic heterocycles. The van der Waals surface area contributed by atoms with Crippen LogP contribution in [0.5, 0.6) is 0 Å². The highest BCUT2D eigenvalue weighted by Gasteiger charge is 2.03. The monoisotopic (exact) mass is 428 g/mol. The van der Waals surface area contributed by atoms with Crippen molar-refractivity contribution < 1.29 is 19.8 Å². The van der Waals surface area contributed by atoms with Crippen molar-refractivity contribution in [2.75, 3.05) is 0 Å². The Kier molecular flexibility index (Phi) is 8.49. The van der Waals surface area contributed by atoms with Crippen LogP contribution in [-0.4, -0.2) is 33.1 Å². The van der Waals surface area contributed by atoms with Gasteiger partial charge >= 0.3 is 11.9 Å². The van der Waals surface area contributed by atoms with E-state index in [2.05, 4.69) is 0 Å². The lowest BCUT2D eigenvalue weighted by Crippen LogP contribution is -1.94. The van der Waals surface area contributed by atoms with Crippen molar-refractivity contribution in [1.29, 1.82) is 0 Å². The van der Waals surface area contributed by atoms with Crippen LogP contribution in [0, 0.1) is 0 Å². The van der Waals surface area contributed by atoms with E-state index < -0.39 is 11.9 Å². The highest BCUT2D eigenvalue weighted by molar-refractivity contribution is 5.88. The Bertz CT molecular complexity index is 1010. The second-order valence-electron chi connectivity index (χ2n) is 6.50. The van der Waals surface area contributed by atoms with Gasteiger partial charge in [-0.1, -0.05) is 84.9 Å². The van der Waals surface area contributed by atoms with Crippen molar-refractivity contribution >= 4 is 22.9 Å². The summed E-state index contributed by atoms with van der Waals surface area (Å²) in [5.74, 6) is -1.79.